The summed E-state index contributed by atoms with van der Waals surface area (Å²) < 4.78 is 21.9. The van der Waals surface area contributed by atoms with Crippen LogP contribution in [-0.4, -0.2) is 38.5 Å². The molecule has 0 bridgehead atoms. The molecular formula is C17H18O6. The van der Waals surface area contributed by atoms with E-state index in [9.17, 15) is 9.59 Å². The summed E-state index contributed by atoms with van der Waals surface area (Å²) in [5.74, 6) is 0.787. The van der Waals surface area contributed by atoms with Crippen molar-refractivity contribution in [1.82, 2.24) is 0 Å². The van der Waals surface area contributed by atoms with Gasteiger partial charge in [-0.25, -0.2) is 0 Å². The van der Waals surface area contributed by atoms with Gasteiger partial charge in [-0.1, -0.05) is 6.92 Å². The molecule has 23 heavy (non-hydrogen) atoms. The number of Topliss-reactive ketones (excluding diaryl/α,β-unsaturated/α-hetero) is 1. The standard InChI is InChI=1S/C17H18O6/c1-9-5-10(18)6-14(22-4)17(9)16(19)15-12(21-3)7-11(20-2)8-13(15)23-17/h6-9H,5H2,1-4H3. The maximum Gasteiger partial charge on any atom is 0.231 e. The molecule has 0 N–H and O–H groups in total. The van der Waals surface area contributed by atoms with Crippen molar-refractivity contribution in [1.29, 1.82) is 0 Å². The summed E-state index contributed by atoms with van der Waals surface area (Å²) in [5, 5.41) is 0. The fraction of sp³-hybridized carbons (Fsp3) is 0.412. The molecule has 2 unspecified atom stereocenters. The molecule has 1 aliphatic heterocycles. The molecule has 1 spiro atoms. The lowest BCUT2D eigenvalue weighted by Crippen LogP contribution is -2.51. The number of hydrogen-bond acceptors (Lipinski definition) is 6. The Morgan fingerprint density at radius 3 is 2.48 bits per heavy atom. The maximum absolute atomic E-state index is 13.2. The van der Waals surface area contributed by atoms with Crippen LogP contribution in [0.25, 0.3) is 0 Å². The summed E-state index contributed by atoms with van der Waals surface area (Å²) >= 11 is 0. The summed E-state index contributed by atoms with van der Waals surface area (Å²) in [6.45, 7) is 1.80. The maximum atomic E-state index is 13.2. The molecule has 3 rings (SSSR count). The molecule has 0 radical (unpaired) electrons. The van der Waals surface area contributed by atoms with Crippen LogP contribution >= 0.6 is 0 Å². The van der Waals surface area contributed by atoms with Gasteiger partial charge in [0, 0.05) is 30.5 Å². The Morgan fingerprint density at radius 2 is 1.87 bits per heavy atom. The molecule has 1 aliphatic carbocycles. The minimum absolute atomic E-state index is 0.0862. The summed E-state index contributed by atoms with van der Waals surface area (Å²) in [7, 11) is 4.43. The van der Waals surface area contributed by atoms with E-state index in [1.54, 1.807) is 19.1 Å². The Bertz CT molecular complexity index is 720. The topological polar surface area (TPSA) is 71.1 Å². The second-order valence-corrected chi connectivity index (χ2v) is 5.65. The van der Waals surface area contributed by atoms with Crippen molar-refractivity contribution >= 4 is 11.6 Å². The van der Waals surface area contributed by atoms with Crippen LogP contribution in [0, 0.1) is 5.92 Å². The summed E-state index contributed by atoms with van der Waals surface area (Å²) in [5.41, 5.74) is -0.984. The number of hydrogen-bond donors (Lipinski definition) is 0. The van der Waals surface area contributed by atoms with E-state index in [4.69, 9.17) is 18.9 Å². The van der Waals surface area contributed by atoms with Gasteiger partial charge in [-0.2, -0.15) is 0 Å². The fourth-order valence-electron chi connectivity index (χ4n) is 3.25. The Labute approximate surface area is 134 Å². The zero-order valence-electron chi connectivity index (χ0n) is 13.5. The van der Waals surface area contributed by atoms with E-state index >= 15 is 0 Å². The summed E-state index contributed by atoms with van der Waals surface area (Å²) in [6.07, 6.45) is 1.56. The van der Waals surface area contributed by atoms with Crippen molar-refractivity contribution in [2.45, 2.75) is 18.9 Å². The molecule has 0 saturated carbocycles. The number of carbonyl (C=O) groups is 2. The number of carbonyl (C=O) groups excluding carboxylic acids is 2. The third-order valence-electron chi connectivity index (χ3n) is 4.41. The van der Waals surface area contributed by atoms with Gasteiger partial charge in [-0.15, -0.1) is 0 Å². The van der Waals surface area contributed by atoms with Gasteiger partial charge in [0.2, 0.25) is 11.4 Å². The number of methoxy groups -OCH3 is 3. The number of ether oxygens (including phenoxy) is 4. The van der Waals surface area contributed by atoms with Gasteiger partial charge < -0.3 is 18.9 Å². The van der Waals surface area contributed by atoms with E-state index in [1.807, 2.05) is 0 Å². The number of benzene rings is 1. The van der Waals surface area contributed by atoms with Crippen LogP contribution in [-0.2, 0) is 9.53 Å². The minimum Gasteiger partial charge on any atom is -0.496 e. The highest BCUT2D eigenvalue weighted by molar-refractivity contribution is 6.13. The quantitative estimate of drug-likeness (QED) is 0.850. The lowest BCUT2D eigenvalue weighted by Gasteiger charge is -2.36. The largest absolute Gasteiger partial charge is 0.496 e. The first-order valence-corrected chi connectivity index (χ1v) is 7.26. The average molecular weight is 318 g/mol. The SMILES string of the molecule is COC1=CC(=O)CC(C)C12Oc1cc(OC)cc(OC)c1C2=O. The van der Waals surface area contributed by atoms with Gasteiger partial charge in [0.1, 0.15) is 22.8 Å². The van der Waals surface area contributed by atoms with E-state index < -0.39 is 5.60 Å². The molecule has 1 heterocycles. The van der Waals surface area contributed by atoms with E-state index in [2.05, 4.69) is 0 Å². The first kappa shape index (κ1) is 15.4. The van der Waals surface area contributed by atoms with Crippen LogP contribution in [0.15, 0.2) is 24.0 Å². The van der Waals surface area contributed by atoms with Crippen molar-refractivity contribution in [3.63, 3.8) is 0 Å². The first-order chi connectivity index (χ1) is 11.0. The average Bonchev–Trinajstić information content (AvgIpc) is 2.84. The smallest absolute Gasteiger partial charge is 0.231 e. The predicted octanol–water partition coefficient (Wildman–Crippen LogP) is 2.16. The second-order valence-electron chi connectivity index (χ2n) is 5.65. The zero-order valence-corrected chi connectivity index (χ0v) is 13.5. The molecule has 0 amide bonds. The number of ketones is 2. The lowest BCUT2D eigenvalue weighted by atomic mass is 9.75. The highest BCUT2D eigenvalue weighted by atomic mass is 16.6. The number of fused-ring (bicyclic) bond motifs is 1. The molecule has 1 aromatic carbocycles. The third-order valence-corrected chi connectivity index (χ3v) is 4.41. The van der Waals surface area contributed by atoms with Gasteiger partial charge >= 0.3 is 0 Å². The molecule has 0 saturated heterocycles. The van der Waals surface area contributed by atoms with Crippen LogP contribution in [0.5, 0.6) is 17.2 Å². The van der Waals surface area contributed by atoms with Crippen molar-refractivity contribution in [2.75, 3.05) is 21.3 Å². The number of rotatable bonds is 3. The van der Waals surface area contributed by atoms with Gasteiger partial charge in [-0.05, 0) is 0 Å². The Hall–Kier alpha value is -2.50. The van der Waals surface area contributed by atoms with Crippen molar-refractivity contribution in [2.24, 2.45) is 5.92 Å². The van der Waals surface area contributed by atoms with E-state index in [0.29, 0.717) is 22.8 Å². The normalized spacial score (nSPS) is 25.7. The number of allylic oxidation sites excluding steroid dienone is 1. The summed E-state index contributed by atoms with van der Waals surface area (Å²) in [4.78, 5) is 25.0. The molecule has 6 heteroatoms. The van der Waals surface area contributed by atoms with E-state index in [-0.39, 0.29) is 29.7 Å². The highest BCUT2D eigenvalue weighted by Crippen LogP contribution is 2.50. The molecule has 0 aromatic heterocycles. The van der Waals surface area contributed by atoms with Gasteiger partial charge in [0.25, 0.3) is 0 Å². The highest BCUT2D eigenvalue weighted by Gasteiger charge is 2.59. The minimum atomic E-state index is -1.33. The third kappa shape index (κ3) is 2.01. The van der Waals surface area contributed by atoms with Crippen molar-refractivity contribution in [3.8, 4) is 17.2 Å². The van der Waals surface area contributed by atoms with Crippen LogP contribution in [0.4, 0.5) is 0 Å². The zero-order chi connectivity index (χ0) is 16.8. The Kier molecular flexibility index (Phi) is 3.55. The van der Waals surface area contributed by atoms with Crippen LogP contribution in [0.2, 0.25) is 0 Å². The first-order valence-electron chi connectivity index (χ1n) is 7.26. The fourth-order valence-corrected chi connectivity index (χ4v) is 3.25. The lowest BCUT2D eigenvalue weighted by molar-refractivity contribution is -0.118. The monoisotopic (exact) mass is 318 g/mol. The predicted molar refractivity (Wildman–Crippen MR) is 81.1 cm³/mol. The van der Waals surface area contributed by atoms with Gasteiger partial charge in [0.05, 0.1) is 21.3 Å². The Balaban J connectivity index is 2.20. The molecule has 2 atom stereocenters. The Morgan fingerprint density at radius 1 is 1.13 bits per heavy atom. The van der Waals surface area contributed by atoms with Gasteiger partial charge in [0.15, 0.2) is 11.5 Å². The van der Waals surface area contributed by atoms with E-state index in [0.717, 1.165) is 0 Å². The summed E-state index contributed by atoms with van der Waals surface area (Å²) in [6, 6.07) is 3.27. The van der Waals surface area contributed by atoms with Crippen LogP contribution in [0.3, 0.4) is 0 Å². The van der Waals surface area contributed by atoms with Gasteiger partial charge in [-0.3, -0.25) is 9.59 Å². The van der Waals surface area contributed by atoms with Crippen LogP contribution in [0.1, 0.15) is 23.7 Å². The molecule has 0 fully saturated rings. The molecule has 2 aliphatic rings. The molecule has 122 valence electrons. The van der Waals surface area contributed by atoms with Crippen molar-refractivity contribution < 1.29 is 28.5 Å². The molecular weight excluding hydrogens is 300 g/mol. The van der Waals surface area contributed by atoms with Crippen LogP contribution < -0.4 is 14.2 Å². The van der Waals surface area contributed by atoms with E-state index in [1.165, 1.54) is 27.4 Å². The molecule has 1 aromatic rings. The van der Waals surface area contributed by atoms with Crippen molar-refractivity contribution in [3.05, 3.63) is 29.5 Å². The second kappa shape index (κ2) is 5.30. The molecule has 6 nitrogen and oxygen atoms in total.